The first-order valence-corrected chi connectivity index (χ1v) is 5.40. The third kappa shape index (κ3) is 5.12. The van der Waals surface area contributed by atoms with Gasteiger partial charge in [0, 0.05) is 0 Å². The van der Waals surface area contributed by atoms with Crippen molar-refractivity contribution in [2.45, 2.75) is 33.6 Å². The van der Waals surface area contributed by atoms with Crippen LogP contribution in [0.2, 0.25) is 0 Å². The normalized spacial score (nSPS) is 8.80. The van der Waals surface area contributed by atoms with Gasteiger partial charge in [-0.3, -0.25) is 0 Å². The second-order valence-corrected chi connectivity index (χ2v) is 3.22. The third-order valence-corrected chi connectivity index (χ3v) is 1.85. The smallest absolute Gasteiger partial charge is 0.148 e. The number of hydrogen-bond donors (Lipinski definition) is 0. The Morgan fingerprint density at radius 2 is 2.00 bits per heavy atom. The molecular weight excluding hydrogens is 184 g/mol. The summed E-state index contributed by atoms with van der Waals surface area (Å²) in [6, 6.07) is 8.03. The zero-order valence-electron chi connectivity index (χ0n) is 10.1. The van der Waals surface area contributed by atoms with Crippen LogP contribution in [0.4, 0.5) is 0 Å². The van der Waals surface area contributed by atoms with E-state index in [1.54, 1.807) is 0 Å². The lowest BCUT2D eigenvalue weighted by molar-refractivity contribution is 0.370. The minimum Gasteiger partial charge on any atom is -0.481 e. The molecule has 0 atom stereocenters. The molecule has 1 nitrogen and oxygen atoms in total. The Labute approximate surface area is 93.5 Å². The van der Waals surface area contributed by atoms with Gasteiger partial charge in [-0.25, -0.2) is 0 Å². The summed E-state index contributed by atoms with van der Waals surface area (Å²) in [7, 11) is 0. The third-order valence-electron chi connectivity index (χ3n) is 1.85. The molecule has 0 bridgehead atoms. The topological polar surface area (TPSA) is 9.23 Å². The van der Waals surface area contributed by atoms with E-state index in [1.165, 1.54) is 5.56 Å². The van der Waals surface area contributed by atoms with E-state index in [2.05, 4.69) is 25.8 Å². The fraction of sp³-hybridized carbons (Fsp3) is 0.429. The second-order valence-electron chi connectivity index (χ2n) is 3.22. The minimum atomic E-state index is 0.335. The van der Waals surface area contributed by atoms with Crippen molar-refractivity contribution in [3.8, 4) is 18.1 Å². The SMILES string of the molecule is C#CCOc1cccc(C(C)C)c1.CC. The number of benzene rings is 1. The number of ether oxygens (including phenoxy) is 1. The van der Waals surface area contributed by atoms with E-state index in [0.717, 1.165) is 5.75 Å². The molecule has 0 aliphatic carbocycles. The van der Waals surface area contributed by atoms with Gasteiger partial charge in [0.05, 0.1) is 0 Å². The average Bonchev–Trinajstić information content (AvgIpc) is 2.29. The fourth-order valence-corrected chi connectivity index (χ4v) is 1.09. The van der Waals surface area contributed by atoms with Gasteiger partial charge in [0.25, 0.3) is 0 Å². The molecule has 1 rings (SSSR count). The van der Waals surface area contributed by atoms with Crippen LogP contribution in [0.15, 0.2) is 24.3 Å². The first-order valence-electron chi connectivity index (χ1n) is 5.40. The molecule has 0 heterocycles. The molecule has 0 amide bonds. The number of terminal acetylenes is 1. The lowest BCUT2D eigenvalue weighted by Gasteiger charge is -2.07. The molecule has 0 N–H and O–H groups in total. The number of rotatable bonds is 3. The molecule has 0 spiro atoms. The van der Waals surface area contributed by atoms with Crippen molar-refractivity contribution >= 4 is 0 Å². The molecule has 1 aromatic rings. The predicted octanol–water partition coefficient (Wildman–Crippen LogP) is 3.85. The van der Waals surface area contributed by atoms with Crippen LogP contribution < -0.4 is 4.74 Å². The first-order chi connectivity index (χ1) is 7.24. The van der Waals surface area contributed by atoms with Gasteiger partial charge >= 0.3 is 0 Å². The van der Waals surface area contributed by atoms with Gasteiger partial charge in [-0.05, 0) is 23.6 Å². The summed E-state index contributed by atoms with van der Waals surface area (Å²) in [5, 5.41) is 0. The summed E-state index contributed by atoms with van der Waals surface area (Å²) >= 11 is 0. The van der Waals surface area contributed by atoms with E-state index < -0.39 is 0 Å². The van der Waals surface area contributed by atoms with Gasteiger partial charge in [-0.2, -0.15) is 0 Å². The van der Waals surface area contributed by atoms with Gasteiger partial charge in [-0.15, -0.1) is 6.42 Å². The van der Waals surface area contributed by atoms with E-state index in [4.69, 9.17) is 11.2 Å². The molecule has 15 heavy (non-hydrogen) atoms. The van der Waals surface area contributed by atoms with Crippen LogP contribution in [-0.2, 0) is 0 Å². The minimum absolute atomic E-state index is 0.335. The zero-order valence-corrected chi connectivity index (χ0v) is 10.1. The molecule has 0 fully saturated rings. The Morgan fingerprint density at radius 1 is 1.33 bits per heavy atom. The van der Waals surface area contributed by atoms with Crippen LogP contribution in [0.3, 0.4) is 0 Å². The van der Waals surface area contributed by atoms with Crippen molar-refractivity contribution in [1.82, 2.24) is 0 Å². The molecule has 0 aliphatic rings. The summed E-state index contributed by atoms with van der Waals surface area (Å²) in [4.78, 5) is 0. The van der Waals surface area contributed by atoms with E-state index >= 15 is 0 Å². The van der Waals surface area contributed by atoms with Crippen molar-refractivity contribution < 1.29 is 4.74 Å². The summed E-state index contributed by atoms with van der Waals surface area (Å²) in [5.41, 5.74) is 1.27. The lowest BCUT2D eigenvalue weighted by atomic mass is 10.0. The van der Waals surface area contributed by atoms with Gasteiger partial charge in [-0.1, -0.05) is 45.7 Å². The van der Waals surface area contributed by atoms with Crippen LogP contribution in [0, 0.1) is 12.3 Å². The molecular formula is C14H20O. The molecule has 0 aromatic heterocycles. The second kappa shape index (κ2) is 7.94. The Morgan fingerprint density at radius 3 is 2.53 bits per heavy atom. The van der Waals surface area contributed by atoms with Gasteiger partial charge < -0.3 is 4.74 Å². The molecule has 1 heteroatoms. The Hall–Kier alpha value is -1.42. The van der Waals surface area contributed by atoms with Crippen molar-refractivity contribution in [2.75, 3.05) is 6.61 Å². The van der Waals surface area contributed by atoms with Gasteiger partial charge in [0.2, 0.25) is 0 Å². The van der Waals surface area contributed by atoms with Crippen LogP contribution in [0.5, 0.6) is 5.75 Å². The van der Waals surface area contributed by atoms with Crippen LogP contribution in [0.25, 0.3) is 0 Å². The molecule has 0 saturated heterocycles. The van der Waals surface area contributed by atoms with Crippen molar-refractivity contribution in [3.05, 3.63) is 29.8 Å². The maximum absolute atomic E-state index is 5.31. The van der Waals surface area contributed by atoms with Gasteiger partial charge in [0.15, 0.2) is 0 Å². The zero-order chi connectivity index (χ0) is 11.7. The summed E-state index contributed by atoms with van der Waals surface area (Å²) < 4.78 is 5.31. The molecule has 82 valence electrons. The molecule has 0 unspecified atom stereocenters. The van der Waals surface area contributed by atoms with Crippen molar-refractivity contribution in [2.24, 2.45) is 0 Å². The average molecular weight is 204 g/mol. The Bertz CT molecular complexity index is 307. The summed E-state index contributed by atoms with van der Waals surface area (Å²) in [6.07, 6.45) is 5.10. The van der Waals surface area contributed by atoms with Crippen molar-refractivity contribution in [1.29, 1.82) is 0 Å². The highest BCUT2D eigenvalue weighted by molar-refractivity contribution is 5.30. The number of hydrogen-bond acceptors (Lipinski definition) is 1. The fourth-order valence-electron chi connectivity index (χ4n) is 1.09. The largest absolute Gasteiger partial charge is 0.481 e. The highest BCUT2D eigenvalue weighted by Gasteiger charge is 1.99. The van der Waals surface area contributed by atoms with Gasteiger partial charge in [0.1, 0.15) is 12.4 Å². The molecule has 0 aliphatic heterocycles. The molecule has 0 radical (unpaired) electrons. The summed E-state index contributed by atoms with van der Waals surface area (Å²) in [5.74, 6) is 3.82. The predicted molar refractivity (Wildman–Crippen MR) is 66.2 cm³/mol. The Balaban J connectivity index is 0.000000921. The highest BCUT2D eigenvalue weighted by Crippen LogP contribution is 2.19. The van der Waals surface area contributed by atoms with Crippen LogP contribution in [0.1, 0.15) is 39.2 Å². The molecule has 1 aromatic carbocycles. The standard InChI is InChI=1S/C12H14O.C2H6/c1-4-8-13-12-7-5-6-11(9-12)10(2)3;1-2/h1,5-7,9-10H,8H2,2-3H3;1-2H3. The van der Waals surface area contributed by atoms with E-state index in [0.29, 0.717) is 12.5 Å². The quantitative estimate of drug-likeness (QED) is 0.679. The highest BCUT2D eigenvalue weighted by atomic mass is 16.5. The van der Waals surface area contributed by atoms with Crippen LogP contribution in [-0.4, -0.2) is 6.61 Å². The maximum atomic E-state index is 5.31. The summed E-state index contributed by atoms with van der Waals surface area (Å²) in [6.45, 7) is 8.64. The van der Waals surface area contributed by atoms with E-state index in [-0.39, 0.29) is 0 Å². The Kier molecular flexibility index (Phi) is 7.18. The van der Waals surface area contributed by atoms with Crippen LogP contribution >= 0.6 is 0 Å². The van der Waals surface area contributed by atoms with E-state index in [1.807, 2.05) is 32.0 Å². The van der Waals surface area contributed by atoms with Crippen molar-refractivity contribution in [3.63, 3.8) is 0 Å². The molecule has 0 saturated carbocycles. The monoisotopic (exact) mass is 204 g/mol. The maximum Gasteiger partial charge on any atom is 0.148 e. The lowest BCUT2D eigenvalue weighted by Crippen LogP contribution is -1.94. The first kappa shape index (κ1) is 13.6. The van der Waals surface area contributed by atoms with E-state index in [9.17, 15) is 0 Å².